The molecule has 0 amide bonds. The van der Waals surface area contributed by atoms with Crippen molar-refractivity contribution >= 4 is 11.7 Å². The zero-order valence-electron chi connectivity index (χ0n) is 12.4. The van der Waals surface area contributed by atoms with E-state index in [0.717, 1.165) is 36.9 Å². The molecule has 0 unspecified atom stereocenters. The first kappa shape index (κ1) is 14.9. The fourth-order valence-electron chi connectivity index (χ4n) is 2.73. The minimum atomic E-state index is -0.291. The zero-order valence-corrected chi connectivity index (χ0v) is 12.4. The van der Waals surface area contributed by atoms with Crippen LogP contribution in [0.1, 0.15) is 41.6 Å². The van der Waals surface area contributed by atoms with Crippen molar-refractivity contribution < 1.29 is 14.3 Å². The fourth-order valence-corrected chi connectivity index (χ4v) is 2.73. The van der Waals surface area contributed by atoms with Crippen molar-refractivity contribution in [2.45, 2.75) is 44.8 Å². The zero-order chi connectivity index (χ0) is 14.5. The summed E-state index contributed by atoms with van der Waals surface area (Å²) >= 11 is 0. The summed E-state index contributed by atoms with van der Waals surface area (Å²) < 4.78 is 10.1. The van der Waals surface area contributed by atoms with Crippen LogP contribution >= 0.6 is 0 Å². The molecule has 0 saturated heterocycles. The summed E-state index contributed by atoms with van der Waals surface area (Å²) in [5.74, 6) is -0.291. The maximum atomic E-state index is 11.5. The largest absolute Gasteiger partial charge is 0.465 e. The molecule has 4 nitrogen and oxygen atoms in total. The van der Waals surface area contributed by atoms with Crippen LogP contribution in [-0.2, 0) is 9.47 Å². The number of anilines is 1. The first-order valence-corrected chi connectivity index (χ1v) is 7.12. The molecular weight excluding hydrogens is 254 g/mol. The van der Waals surface area contributed by atoms with Crippen molar-refractivity contribution in [1.82, 2.24) is 0 Å². The Morgan fingerprint density at radius 2 is 1.90 bits per heavy atom. The normalized spacial score (nSPS) is 22.4. The predicted octanol–water partition coefficient (Wildman–Crippen LogP) is 3.15. The summed E-state index contributed by atoms with van der Waals surface area (Å²) in [7, 11) is 3.19. The Kier molecular flexibility index (Phi) is 5.01. The van der Waals surface area contributed by atoms with E-state index in [4.69, 9.17) is 9.47 Å². The van der Waals surface area contributed by atoms with Crippen molar-refractivity contribution in [2.75, 3.05) is 19.5 Å². The third kappa shape index (κ3) is 3.51. The molecule has 1 aliphatic rings. The highest BCUT2D eigenvalue weighted by Gasteiger charge is 2.21. The maximum absolute atomic E-state index is 11.5. The standard InChI is InChI=1S/C16H23NO3/c1-11-10-12(16(18)20-3)4-9-15(11)17-13-5-7-14(19-2)8-6-13/h4,9-10,13-14,17H,5-8H2,1-3H3. The van der Waals surface area contributed by atoms with Gasteiger partial charge in [0.15, 0.2) is 0 Å². The Balaban J connectivity index is 1.98. The van der Waals surface area contributed by atoms with Crippen molar-refractivity contribution in [3.05, 3.63) is 29.3 Å². The molecule has 1 aromatic carbocycles. The monoisotopic (exact) mass is 277 g/mol. The lowest BCUT2D eigenvalue weighted by Gasteiger charge is -2.29. The lowest BCUT2D eigenvalue weighted by molar-refractivity contribution is 0.0600. The van der Waals surface area contributed by atoms with Crippen LogP contribution in [0.5, 0.6) is 0 Å². The van der Waals surface area contributed by atoms with E-state index in [1.165, 1.54) is 7.11 Å². The van der Waals surface area contributed by atoms with E-state index in [-0.39, 0.29) is 5.97 Å². The van der Waals surface area contributed by atoms with Gasteiger partial charge in [0.2, 0.25) is 0 Å². The molecule has 0 spiro atoms. The minimum Gasteiger partial charge on any atom is -0.465 e. The second-order valence-electron chi connectivity index (χ2n) is 5.37. The molecule has 0 atom stereocenters. The molecule has 1 aromatic rings. The molecule has 0 aromatic heterocycles. The molecule has 1 aliphatic carbocycles. The van der Waals surface area contributed by atoms with Gasteiger partial charge in [-0.2, -0.15) is 0 Å². The van der Waals surface area contributed by atoms with Gasteiger partial charge in [-0.25, -0.2) is 4.79 Å². The van der Waals surface area contributed by atoms with E-state index in [1.54, 1.807) is 7.11 Å². The van der Waals surface area contributed by atoms with Crippen LogP contribution in [-0.4, -0.2) is 32.3 Å². The highest BCUT2D eigenvalue weighted by Crippen LogP contribution is 2.25. The second kappa shape index (κ2) is 6.75. The number of carbonyl (C=O) groups excluding carboxylic acids is 1. The molecule has 1 fully saturated rings. The van der Waals surface area contributed by atoms with E-state index >= 15 is 0 Å². The van der Waals surface area contributed by atoms with Crippen molar-refractivity contribution in [2.24, 2.45) is 0 Å². The van der Waals surface area contributed by atoms with Gasteiger partial charge in [-0.15, -0.1) is 0 Å². The van der Waals surface area contributed by atoms with Gasteiger partial charge < -0.3 is 14.8 Å². The molecule has 0 bridgehead atoms. The lowest BCUT2D eigenvalue weighted by Crippen LogP contribution is -2.29. The number of hydrogen-bond acceptors (Lipinski definition) is 4. The lowest BCUT2D eigenvalue weighted by atomic mass is 9.92. The molecule has 4 heteroatoms. The molecule has 0 aliphatic heterocycles. The topological polar surface area (TPSA) is 47.6 Å². The average molecular weight is 277 g/mol. The van der Waals surface area contributed by atoms with Gasteiger partial charge in [-0.05, 0) is 56.4 Å². The number of rotatable bonds is 4. The van der Waals surface area contributed by atoms with Crippen LogP contribution in [0.4, 0.5) is 5.69 Å². The molecule has 0 radical (unpaired) electrons. The highest BCUT2D eigenvalue weighted by molar-refractivity contribution is 5.90. The first-order valence-electron chi connectivity index (χ1n) is 7.12. The van der Waals surface area contributed by atoms with Crippen molar-refractivity contribution in [3.63, 3.8) is 0 Å². The van der Waals surface area contributed by atoms with Crippen LogP contribution in [0.3, 0.4) is 0 Å². The number of carbonyl (C=O) groups is 1. The van der Waals surface area contributed by atoms with Gasteiger partial charge in [-0.3, -0.25) is 0 Å². The molecule has 2 rings (SSSR count). The quantitative estimate of drug-likeness (QED) is 0.859. The van der Waals surface area contributed by atoms with Crippen LogP contribution in [0.15, 0.2) is 18.2 Å². The van der Waals surface area contributed by atoms with E-state index in [0.29, 0.717) is 17.7 Å². The number of esters is 1. The van der Waals surface area contributed by atoms with Crippen LogP contribution in [0, 0.1) is 6.92 Å². The summed E-state index contributed by atoms with van der Waals surface area (Å²) in [5, 5.41) is 3.57. The van der Waals surface area contributed by atoms with Gasteiger partial charge in [-0.1, -0.05) is 0 Å². The SMILES string of the molecule is COC(=O)c1ccc(NC2CCC(OC)CC2)c(C)c1. The van der Waals surface area contributed by atoms with E-state index in [2.05, 4.69) is 5.32 Å². The number of ether oxygens (including phenoxy) is 2. The number of methoxy groups -OCH3 is 2. The average Bonchev–Trinajstić information content (AvgIpc) is 2.49. The Hall–Kier alpha value is -1.55. The van der Waals surface area contributed by atoms with Crippen molar-refractivity contribution in [3.8, 4) is 0 Å². The Morgan fingerprint density at radius 3 is 2.45 bits per heavy atom. The van der Waals surface area contributed by atoms with Gasteiger partial charge in [0.1, 0.15) is 0 Å². The van der Waals surface area contributed by atoms with E-state index in [9.17, 15) is 4.79 Å². The minimum absolute atomic E-state index is 0.291. The number of nitrogens with one attached hydrogen (secondary N) is 1. The third-order valence-electron chi connectivity index (χ3n) is 4.01. The predicted molar refractivity (Wildman–Crippen MR) is 79.2 cm³/mol. The molecule has 110 valence electrons. The molecule has 0 heterocycles. The summed E-state index contributed by atoms with van der Waals surface area (Å²) in [6.45, 7) is 2.01. The first-order chi connectivity index (χ1) is 9.63. The van der Waals surface area contributed by atoms with E-state index in [1.807, 2.05) is 25.1 Å². The second-order valence-corrected chi connectivity index (χ2v) is 5.37. The van der Waals surface area contributed by atoms with Crippen molar-refractivity contribution in [1.29, 1.82) is 0 Å². The van der Waals surface area contributed by atoms with Crippen LogP contribution in [0.25, 0.3) is 0 Å². The van der Waals surface area contributed by atoms with Gasteiger partial charge >= 0.3 is 5.97 Å². The summed E-state index contributed by atoms with van der Waals surface area (Å²) in [4.78, 5) is 11.5. The van der Waals surface area contributed by atoms with Gasteiger partial charge in [0.25, 0.3) is 0 Å². The maximum Gasteiger partial charge on any atom is 0.337 e. The third-order valence-corrected chi connectivity index (χ3v) is 4.01. The smallest absolute Gasteiger partial charge is 0.337 e. The van der Waals surface area contributed by atoms with E-state index < -0.39 is 0 Å². The summed E-state index contributed by atoms with van der Waals surface area (Å²) in [6, 6.07) is 6.13. The molecular formula is C16H23NO3. The highest BCUT2D eigenvalue weighted by atomic mass is 16.5. The molecule has 1 N–H and O–H groups in total. The van der Waals surface area contributed by atoms with Crippen LogP contribution in [0.2, 0.25) is 0 Å². The molecule has 1 saturated carbocycles. The fraction of sp³-hybridized carbons (Fsp3) is 0.562. The number of hydrogen-bond donors (Lipinski definition) is 1. The number of aryl methyl sites for hydroxylation is 1. The molecule has 20 heavy (non-hydrogen) atoms. The number of benzene rings is 1. The van der Waals surface area contributed by atoms with Gasteiger partial charge in [0.05, 0.1) is 18.8 Å². The summed E-state index contributed by atoms with van der Waals surface area (Å²) in [5.41, 5.74) is 2.76. The van der Waals surface area contributed by atoms with Crippen LogP contribution < -0.4 is 5.32 Å². The van der Waals surface area contributed by atoms with Gasteiger partial charge in [0, 0.05) is 18.8 Å². The summed E-state index contributed by atoms with van der Waals surface area (Å²) in [6.07, 6.45) is 4.87. The Bertz CT molecular complexity index is 465. The Morgan fingerprint density at radius 1 is 1.20 bits per heavy atom. The Labute approximate surface area is 120 Å².